The number of carbonyl (C=O) groups excluding carboxylic acids is 1. The molecule has 0 aromatic heterocycles. The third-order valence-electron chi connectivity index (χ3n) is 2.63. The third kappa shape index (κ3) is 5.90. The van der Waals surface area contributed by atoms with E-state index in [1.165, 1.54) is 0 Å². The molecule has 1 aromatic rings. The van der Waals surface area contributed by atoms with E-state index in [1.54, 1.807) is 24.3 Å². The number of nitrogens with zero attached hydrogens (tertiary/aromatic N) is 1. The molecular weight excluding hydrogens is 300 g/mol. The van der Waals surface area contributed by atoms with Crippen LogP contribution in [0, 0.1) is 0 Å². The van der Waals surface area contributed by atoms with Crippen LogP contribution in [-0.4, -0.2) is 38.0 Å². The van der Waals surface area contributed by atoms with E-state index >= 15 is 0 Å². The molecule has 1 N–H and O–H groups in total. The van der Waals surface area contributed by atoms with E-state index in [4.69, 9.17) is 11.6 Å². The zero-order valence-corrected chi connectivity index (χ0v) is 13.2. The number of hydrogen-bond acceptors (Lipinski definition) is 3. The molecule has 5 nitrogen and oxygen atoms in total. The minimum absolute atomic E-state index is 0.148. The number of benzene rings is 1. The third-order valence-corrected chi connectivity index (χ3v) is 4.08. The summed E-state index contributed by atoms with van der Waals surface area (Å²) in [5.41, 5.74) is 0.781. The highest BCUT2D eigenvalue weighted by molar-refractivity contribution is 7.88. The first-order valence-corrected chi connectivity index (χ1v) is 8.52. The van der Waals surface area contributed by atoms with Gasteiger partial charge in [-0.1, -0.05) is 30.7 Å². The summed E-state index contributed by atoms with van der Waals surface area (Å²) in [6, 6.07) is 6.86. The first-order chi connectivity index (χ1) is 9.32. The van der Waals surface area contributed by atoms with Crippen molar-refractivity contribution in [1.82, 2.24) is 9.62 Å². The Balaban J connectivity index is 2.75. The van der Waals surface area contributed by atoms with Crippen molar-refractivity contribution in [3.05, 3.63) is 34.9 Å². The maximum absolute atomic E-state index is 11.7. The summed E-state index contributed by atoms with van der Waals surface area (Å²) in [6.07, 6.45) is 1.90. The number of sulfonamides is 1. The summed E-state index contributed by atoms with van der Waals surface area (Å²) in [5.74, 6) is -0.300. The van der Waals surface area contributed by atoms with Crippen LogP contribution in [0.3, 0.4) is 0 Å². The Morgan fingerprint density at radius 1 is 1.30 bits per heavy atom. The van der Waals surface area contributed by atoms with Crippen molar-refractivity contribution in [2.45, 2.75) is 19.9 Å². The molecule has 7 heteroatoms. The lowest BCUT2D eigenvalue weighted by Crippen LogP contribution is -2.40. The monoisotopic (exact) mass is 318 g/mol. The Kier molecular flexibility index (Phi) is 6.45. The van der Waals surface area contributed by atoms with Gasteiger partial charge in [0.15, 0.2) is 0 Å². The van der Waals surface area contributed by atoms with E-state index in [9.17, 15) is 13.2 Å². The zero-order valence-electron chi connectivity index (χ0n) is 11.6. The largest absolute Gasteiger partial charge is 0.355 e. The van der Waals surface area contributed by atoms with Gasteiger partial charge in [-0.05, 0) is 24.1 Å². The molecule has 0 spiro atoms. The van der Waals surface area contributed by atoms with Gasteiger partial charge in [0.1, 0.15) is 0 Å². The molecule has 0 aliphatic carbocycles. The Morgan fingerprint density at radius 3 is 2.40 bits per heavy atom. The Hall–Kier alpha value is -1.11. The van der Waals surface area contributed by atoms with Gasteiger partial charge in [0, 0.05) is 18.1 Å². The zero-order chi connectivity index (χ0) is 15.2. The quantitative estimate of drug-likeness (QED) is 0.831. The molecular formula is C13H19ClN2O3S. The molecule has 0 saturated heterocycles. The molecule has 0 heterocycles. The van der Waals surface area contributed by atoms with Crippen molar-refractivity contribution in [2.24, 2.45) is 0 Å². The average Bonchev–Trinajstić information content (AvgIpc) is 2.37. The summed E-state index contributed by atoms with van der Waals surface area (Å²) in [4.78, 5) is 11.7. The summed E-state index contributed by atoms with van der Waals surface area (Å²) in [5, 5.41) is 3.25. The smallest absolute Gasteiger partial charge is 0.235 e. The van der Waals surface area contributed by atoms with Gasteiger partial charge in [-0.3, -0.25) is 4.79 Å². The minimum atomic E-state index is -3.45. The highest BCUT2D eigenvalue weighted by atomic mass is 35.5. The molecule has 1 amide bonds. The van der Waals surface area contributed by atoms with Crippen molar-refractivity contribution in [2.75, 3.05) is 19.3 Å². The number of hydrogen-bond donors (Lipinski definition) is 1. The van der Waals surface area contributed by atoms with Crippen molar-refractivity contribution < 1.29 is 13.2 Å². The van der Waals surface area contributed by atoms with E-state index in [0.29, 0.717) is 11.6 Å². The second kappa shape index (κ2) is 7.61. The lowest BCUT2D eigenvalue weighted by Gasteiger charge is -2.19. The maximum Gasteiger partial charge on any atom is 0.235 e. The van der Waals surface area contributed by atoms with E-state index in [0.717, 1.165) is 22.5 Å². The molecule has 0 fully saturated rings. The van der Waals surface area contributed by atoms with Gasteiger partial charge in [0.05, 0.1) is 12.8 Å². The van der Waals surface area contributed by atoms with Gasteiger partial charge in [0.2, 0.25) is 15.9 Å². The van der Waals surface area contributed by atoms with Gasteiger partial charge < -0.3 is 5.32 Å². The van der Waals surface area contributed by atoms with E-state index in [1.807, 2.05) is 6.92 Å². The Morgan fingerprint density at radius 2 is 1.90 bits per heavy atom. The van der Waals surface area contributed by atoms with Gasteiger partial charge in [-0.2, -0.15) is 4.31 Å². The number of amides is 1. The fourth-order valence-electron chi connectivity index (χ4n) is 1.56. The minimum Gasteiger partial charge on any atom is -0.355 e. The molecule has 0 bridgehead atoms. The topological polar surface area (TPSA) is 66.5 Å². The van der Waals surface area contributed by atoms with Crippen LogP contribution >= 0.6 is 11.6 Å². The van der Waals surface area contributed by atoms with Crippen molar-refractivity contribution in [3.8, 4) is 0 Å². The normalized spacial score (nSPS) is 11.6. The predicted octanol–water partition coefficient (Wildman–Crippen LogP) is 1.63. The second-order valence-corrected chi connectivity index (χ2v) is 6.93. The van der Waals surface area contributed by atoms with E-state index < -0.39 is 10.0 Å². The molecule has 112 valence electrons. The van der Waals surface area contributed by atoms with Gasteiger partial charge >= 0.3 is 0 Å². The first kappa shape index (κ1) is 16.9. The molecule has 0 radical (unpaired) electrons. The molecule has 0 aliphatic rings. The van der Waals surface area contributed by atoms with Crippen LogP contribution in [0.25, 0.3) is 0 Å². The number of carbonyl (C=O) groups is 1. The summed E-state index contributed by atoms with van der Waals surface area (Å²) in [7, 11) is -3.45. The van der Waals surface area contributed by atoms with Crippen LogP contribution in [0.4, 0.5) is 0 Å². The predicted molar refractivity (Wildman–Crippen MR) is 80.0 cm³/mol. The lowest BCUT2D eigenvalue weighted by molar-refractivity contribution is -0.121. The van der Waals surface area contributed by atoms with Crippen LogP contribution in [0.5, 0.6) is 0 Å². The van der Waals surface area contributed by atoms with Crippen LogP contribution in [0.1, 0.15) is 18.9 Å². The van der Waals surface area contributed by atoms with Crippen molar-refractivity contribution >= 4 is 27.5 Å². The SMILES string of the molecule is CCCNC(=O)CN(Cc1ccc(Cl)cc1)S(C)(=O)=O. The molecule has 0 saturated carbocycles. The summed E-state index contributed by atoms with van der Waals surface area (Å²) >= 11 is 5.78. The Bertz CT molecular complexity index is 543. The fraction of sp³-hybridized carbons (Fsp3) is 0.462. The fourth-order valence-corrected chi connectivity index (χ4v) is 2.43. The average molecular weight is 319 g/mol. The molecule has 20 heavy (non-hydrogen) atoms. The molecule has 0 aliphatic heterocycles. The number of nitrogens with one attached hydrogen (secondary N) is 1. The highest BCUT2D eigenvalue weighted by Crippen LogP contribution is 2.13. The Labute approximate surface area is 125 Å². The van der Waals surface area contributed by atoms with E-state index in [-0.39, 0.29) is 19.0 Å². The second-order valence-electron chi connectivity index (χ2n) is 4.51. The van der Waals surface area contributed by atoms with Crippen molar-refractivity contribution in [1.29, 1.82) is 0 Å². The van der Waals surface area contributed by atoms with Gasteiger partial charge in [-0.25, -0.2) is 8.42 Å². The van der Waals surface area contributed by atoms with Crippen LogP contribution in [0.15, 0.2) is 24.3 Å². The van der Waals surface area contributed by atoms with Crippen LogP contribution in [0.2, 0.25) is 5.02 Å². The molecule has 0 atom stereocenters. The van der Waals surface area contributed by atoms with Crippen LogP contribution < -0.4 is 5.32 Å². The van der Waals surface area contributed by atoms with Crippen LogP contribution in [-0.2, 0) is 21.4 Å². The highest BCUT2D eigenvalue weighted by Gasteiger charge is 2.20. The summed E-state index contributed by atoms with van der Waals surface area (Å²) < 4.78 is 24.6. The number of halogens is 1. The molecule has 0 unspecified atom stereocenters. The lowest BCUT2D eigenvalue weighted by atomic mass is 10.2. The molecule has 1 aromatic carbocycles. The van der Waals surface area contributed by atoms with Crippen molar-refractivity contribution in [3.63, 3.8) is 0 Å². The van der Waals surface area contributed by atoms with Gasteiger partial charge in [0.25, 0.3) is 0 Å². The molecule has 1 rings (SSSR count). The first-order valence-electron chi connectivity index (χ1n) is 6.29. The maximum atomic E-state index is 11.7. The summed E-state index contributed by atoms with van der Waals surface area (Å²) in [6.45, 7) is 2.44. The van der Waals surface area contributed by atoms with Gasteiger partial charge in [-0.15, -0.1) is 0 Å². The number of rotatable bonds is 7. The van der Waals surface area contributed by atoms with E-state index in [2.05, 4.69) is 5.32 Å². The standard InChI is InChI=1S/C13H19ClN2O3S/c1-3-8-15-13(17)10-16(20(2,18)19)9-11-4-6-12(14)7-5-11/h4-7H,3,8-10H2,1-2H3,(H,15,17).